The van der Waals surface area contributed by atoms with Crippen molar-refractivity contribution in [2.75, 3.05) is 0 Å². The van der Waals surface area contributed by atoms with Gasteiger partial charge in [0.05, 0.1) is 16.7 Å². The van der Waals surface area contributed by atoms with Gasteiger partial charge in [-0.25, -0.2) is 15.0 Å². The first-order chi connectivity index (χ1) is 33.7. The number of para-hydroxylation sites is 3. The molecule has 13 rings (SSSR count). The summed E-state index contributed by atoms with van der Waals surface area (Å²) in [5.41, 5.74) is 15.2. The van der Waals surface area contributed by atoms with Crippen LogP contribution in [0.15, 0.2) is 241 Å². The van der Waals surface area contributed by atoms with E-state index in [9.17, 15) is 0 Å². The molecule has 0 aliphatic rings. The molecule has 9 aromatic carbocycles. The van der Waals surface area contributed by atoms with Crippen molar-refractivity contribution < 1.29 is 4.42 Å². The number of pyridine rings is 1. The summed E-state index contributed by atoms with van der Waals surface area (Å²) in [4.78, 5) is 21.1. The van der Waals surface area contributed by atoms with Gasteiger partial charge in [0.15, 0.2) is 23.1 Å². The van der Waals surface area contributed by atoms with Crippen molar-refractivity contribution in [3.8, 4) is 84.5 Å². The van der Waals surface area contributed by atoms with Gasteiger partial charge in [-0.2, -0.15) is 0 Å². The molecule has 0 saturated carbocycles. The maximum Gasteiger partial charge on any atom is 0.166 e. The van der Waals surface area contributed by atoms with Gasteiger partial charge in [0, 0.05) is 61.2 Å². The molecule has 0 unspecified atom stereocenters. The number of fused-ring (bicyclic) bond motifs is 7. The maximum absolute atomic E-state index is 7.26. The molecule has 4 heterocycles. The molecule has 0 radical (unpaired) electrons. The second-order valence-corrected chi connectivity index (χ2v) is 17.0. The van der Waals surface area contributed by atoms with Gasteiger partial charge in [-0.3, -0.25) is 4.98 Å². The van der Waals surface area contributed by atoms with Crippen molar-refractivity contribution in [1.82, 2.24) is 24.5 Å². The largest absolute Gasteiger partial charge is 0.453 e. The Morgan fingerprint density at radius 3 is 1.56 bits per heavy atom. The van der Waals surface area contributed by atoms with Crippen LogP contribution in [0.1, 0.15) is 0 Å². The minimum Gasteiger partial charge on any atom is -0.453 e. The van der Waals surface area contributed by atoms with Gasteiger partial charge < -0.3 is 8.98 Å². The Morgan fingerprint density at radius 1 is 0.324 bits per heavy atom. The third-order valence-electron chi connectivity index (χ3n) is 12.9. The van der Waals surface area contributed by atoms with Crippen LogP contribution in [-0.2, 0) is 0 Å². The average Bonchev–Trinajstić information content (AvgIpc) is 3.98. The summed E-state index contributed by atoms with van der Waals surface area (Å²) < 4.78 is 9.58. The minimum atomic E-state index is 0.502. The molecule has 0 fully saturated rings. The lowest BCUT2D eigenvalue weighted by Crippen LogP contribution is -2.02. The standard InChI is InChI=1S/C62H39N5O/c1-6-19-40(20-7-1)44-33-34-47(41-21-8-2-9-22-41)53(37-44)45-38-54(62-65-60(42-23-10-3-11-24-42)64-61(66-62)43-25-12-4-13-26-43)56(63-39-45)52-31-18-30-50-51-36-35-49-48-29-16-17-32-55(48)67(46-27-14-5-15-28-46)57(49)59(51)68-58(50)52/h1-39H. The van der Waals surface area contributed by atoms with Gasteiger partial charge in [0.1, 0.15) is 5.58 Å². The molecular formula is C62H39N5O. The number of benzene rings is 9. The van der Waals surface area contributed by atoms with Crippen LogP contribution in [0.2, 0.25) is 0 Å². The molecule has 4 aromatic heterocycles. The lowest BCUT2D eigenvalue weighted by Gasteiger charge is -2.16. The second kappa shape index (κ2) is 16.3. The zero-order chi connectivity index (χ0) is 45.0. The Kier molecular flexibility index (Phi) is 9.39. The average molecular weight is 870 g/mol. The van der Waals surface area contributed by atoms with E-state index in [2.05, 4.69) is 168 Å². The van der Waals surface area contributed by atoms with Gasteiger partial charge in [-0.05, 0) is 70.3 Å². The van der Waals surface area contributed by atoms with E-state index >= 15 is 0 Å². The van der Waals surface area contributed by atoms with E-state index in [0.29, 0.717) is 23.2 Å². The smallest absolute Gasteiger partial charge is 0.166 e. The molecule has 68 heavy (non-hydrogen) atoms. The van der Waals surface area contributed by atoms with E-state index in [0.717, 1.165) is 105 Å². The summed E-state index contributed by atoms with van der Waals surface area (Å²) in [6, 6.07) is 80.0. The Hall–Kier alpha value is -9.26. The van der Waals surface area contributed by atoms with E-state index in [1.54, 1.807) is 0 Å². The monoisotopic (exact) mass is 869 g/mol. The van der Waals surface area contributed by atoms with E-state index in [-0.39, 0.29) is 0 Å². The Morgan fingerprint density at radius 2 is 0.868 bits per heavy atom. The first kappa shape index (κ1) is 39.1. The van der Waals surface area contributed by atoms with Crippen LogP contribution in [0, 0.1) is 0 Å². The molecule has 318 valence electrons. The first-order valence-electron chi connectivity index (χ1n) is 22.8. The van der Waals surface area contributed by atoms with Crippen molar-refractivity contribution in [2.45, 2.75) is 0 Å². The zero-order valence-corrected chi connectivity index (χ0v) is 36.7. The molecule has 0 aliphatic carbocycles. The molecule has 0 aliphatic heterocycles. The number of furan rings is 1. The normalized spacial score (nSPS) is 11.5. The SMILES string of the molecule is c1ccc(-c2ccc(-c3ccccc3)c(-c3cnc(-c4cccc5c4oc4c5ccc5c6ccccc6n(-c6ccccc6)c54)c(-c4nc(-c5ccccc5)nc(-c5ccccc5)n4)c3)c2)cc1. The molecule has 0 bridgehead atoms. The summed E-state index contributed by atoms with van der Waals surface area (Å²) in [7, 11) is 0. The third-order valence-corrected chi connectivity index (χ3v) is 12.9. The van der Waals surface area contributed by atoms with Crippen molar-refractivity contribution in [3.63, 3.8) is 0 Å². The van der Waals surface area contributed by atoms with Crippen LogP contribution in [0.4, 0.5) is 0 Å². The summed E-state index contributed by atoms with van der Waals surface area (Å²) in [6.45, 7) is 0. The van der Waals surface area contributed by atoms with Crippen LogP contribution in [-0.4, -0.2) is 24.5 Å². The highest BCUT2D eigenvalue weighted by atomic mass is 16.3. The van der Waals surface area contributed by atoms with Crippen molar-refractivity contribution in [2.24, 2.45) is 0 Å². The van der Waals surface area contributed by atoms with Gasteiger partial charge in [0.2, 0.25) is 0 Å². The third kappa shape index (κ3) is 6.66. The van der Waals surface area contributed by atoms with Crippen molar-refractivity contribution in [1.29, 1.82) is 0 Å². The van der Waals surface area contributed by atoms with Gasteiger partial charge >= 0.3 is 0 Å². The highest BCUT2D eigenvalue weighted by Crippen LogP contribution is 2.45. The molecular weight excluding hydrogens is 831 g/mol. The van der Waals surface area contributed by atoms with Crippen LogP contribution >= 0.6 is 0 Å². The molecule has 0 amide bonds. The number of nitrogens with zero attached hydrogens (tertiary/aromatic N) is 5. The second-order valence-electron chi connectivity index (χ2n) is 17.0. The number of hydrogen-bond donors (Lipinski definition) is 0. The lowest BCUT2D eigenvalue weighted by atomic mass is 9.90. The van der Waals surface area contributed by atoms with Gasteiger partial charge in [0.25, 0.3) is 0 Å². The Labute approximate surface area is 392 Å². The van der Waals surface area contributed by atoms with E-state index < -0.39 is 0 Å². The van der Waals surface area contributed by atoms with E-state index in [1.165, 1.54) is 0 Å². The number of hydrogen-bond acceptors (Lipinski definition) is 5. The summed E-state index contributed by atoms with van der Waals surface area (Å²) in [5.74, 6) is 1.64. The van der Waals surface area contributed by atoms with Crippen LogP contribution in [0.25, 0.3) is 128 Å². The molecule has 0 atom stereocenters. The lowest BCUT2D eigenvalue weighted by molar-refractivity contribution is 0.672. The highest BCUT2D eigenvalue weighted by Gasteiger charge is 2.24. The van der Waals surface area contributed by atoms with Gasteiger partial charge in [-0.15, -0.1) is 0 Å². The molecule has 6 nitrogen and oxygen atoms in total. The zero-order valence-electron chi connectivity index (χ0n) is 36.7. The Balaban J connectivity index is 1.10. The molecule has 0 N–H and O–H groups in total. The van der Waals surface area contributed by atoms with Crippen molar-refractivity contribution in [3.05, 3.63) is 237 Å². The molecule has 0 spiro atoms. The number of aromatic nitrogens is 5. The van der Waals surface area contributed by atoms with Crippen LogP contribution in [0.5, 0.6) is 0 Å². The van der Waals surface area contributed by atoms with Gasteiger partial charge in [-0.1, -0.05) is 188 Å². The molecule has 13 aromatic rings. The van der Waals surface area contributed by atoms with E-state index in [1.807, 2.05) is 72.9 Å². The maximum atomic E-state index is 7.26. The fraction of sp³-hybridized carbons (Fsp3) is 0. The minimum absolute atomic E-state index is 0.502. The number of rotatable bonds is 8. The van der Waals surface area contributed by atoms with E-state index in [4.69, 9.17) is 24.4 Å². The Bertz CT molecular complexity index is 3940. The quantitative estimate of drug-likeness (QED) is 0.152. The van der Waals surface area contributed by atoms with Crippen molar-refractivity contribution >= 4 is 43.7 Å². The summed E-state index contributed by atoms with van der Waals surface area (Å²) in [6.07, 6.45) is 1.99. The van der Waals surface area contributed by atoms with Crippen LogP contribution in [0.3, 0.4) is 0 Å². The first-order valence-corrected chi connectivity index (χ1v) is 22.8. The summed E-state index contributed by atoms with van der Waals surface area (Å²) in [5, 5.41) is 4.31. The predicted molar refractivity (Wildman–Crippen MR) is 277 cm³/mol. The topological polar surface area (TPSA) is 69.6 Å². The fourth-order valence-corrected chi connectivity index (χ4v) is 9.72. The fourth-order valence-electron chi connectivity index (χ4n) is 9.72. The molecule has 0 saturated heterocycles. The summed E-state index contributed by atoms with van der Waals surface area (Å²) >= 11 is 0. The highest BCUT2D eigenvalue weighted by molar-refractivity contribution is 6.22. The molecule has 6 heteroatoms. The predicted octanol–water partition coefficient (Wildman–Crippen LogP) is 15.9. The van der Waals surface area contributed by atoms with Crippen LogP contribution < -0.4 is 0 Å².